The summed E-state index contributed by atoms with van der Waals surface area (Å²) in [4.78, 5) is 0. The van der Waals surface area contributed by atoms with Gasteiger partial charge in [-0.25, -0.2) is 0 Å². The van der Waals surface area contributed by atoms with Crippen LogP contribution in [0.4, 0.5) is 17.6 Å². The van der Waals surface area contributed by atoms with Crippen molar-refractivity contribution in [2.45, 2.75) is 19.8 Å². The lowest BCUT2D eigenvalue weighted by molar-refractivity contribution is -0.0692. The van der Waals surface area contributed by atoms with Crippen LogP contribution in [0.2, 0.25) is 0 Å². The van der Waals surface area contributed by atoms with Crippen molar-refractivity contribution in [3.05, 3.63) is 23.8 Å². The lowest BCUT2D eigenvalue weighted by Gasteiger charge is -2.12. The normalized spacial score (nSPS) is 10.9. The molecule has 0 atom stereocenters. The minimum absolute atomic E-state index is 0.0779. The fourth-order valence-corrected chi connectivity index (χ4v) is 1.06. The molecular formula is C9H9F4NO2. The second-order valence-electron chi connectivity index (χ2n) is 2.74. The summed E-state index contributed by atoms with van der Waals surface area (Å²) < 4.78 is 55.9. The van der Waals surface area contributed by atoms with Crippen LogP contribution >= 0.6 is 0 Å². The van der Waals surface area contributed by atoms with Gasteiger partial charge in [0, 0.05) is 6.54 Å². The van der Waals surface area contributed by atoms with Crippen molar-refractivity contribution >= 4 is 0 Å². The molecule has 3 nitrogen and oxygen atoms in total. The van der Waals surface area contributed by atoms with Gasteiger partial charge < -0.3 is 15.2 Å². The van der Waals surface area contributed by atoms with Crippen LogP contribution < -0.4 is 15.2 Å². The standard InChI is InChI=1S/C9H9F4NO2/c10-8(11)15-6-2-1-5(4-14)3-7(6)16-9(12)13/h1-3,8-9H,4,14H2. The molecule has 1 aromatic carbocycles. The summed E-state index contributed by atoms with van der Waals surface area (Å²) in [5, 5.41) is 0. The molecule has 16 heavy (non-hydrogen) atoms. The Labute approximate surface area is 88.8 Å². The molecule has 0 aliphatic carbocycles. The molecule has 0 unspecified atom stereocenters. The first-order chi connectivity index (χ1) is 7.52. The average Bonchev–Trinajstić information content (AvgIpc) is 2.19. The molecule has 0 aromatic heterocycles. The van der Waals surface area contributed by atoms with E-state index in [1.165, 1.54) is 6.07 Å². The number of hydrogen-bond acceptors (Lipinski definition) is 3. The van der Waals surface area contributed by atoms with Crippen LogP contribution in [0.5, 0.6) is 11.5 Å². The summed E-state index contributed by atoms with van der Waals surface area (Å²) in [5.74, 6) is -0.911. The molecule has 1 rings (SSSR count). The summed E-state index contributed by atoms with van der Waals surface area (Å²) in [5.41, 5.74) is 5.74. The van der Waals surface area contributed by atoms with E-state index in [4.69, 9.17) is 5.73 Å². The maximum absolute atomic E-state index is 12.0. The largest absolute Gasteiger partial charge is 0.431 e. The number of ether oxygens (including phenoxy) is 2. The van der Waals surface area contributed by atoms with E-state index >= 15 is 0 Å². The number of nitrogens with two attached hydrogens (primary N) is 1. The summed E-state index contributed by atoms with van der Waals surface area (Å²) >= 11 is 0. The Morgan fingerprint density at radius 1 is 1.00 bits per heavy atom. The van der Waals surface area contributed by atoms with Crippen molar-refractivity contribution in [1.29, 1.82) is 0 Å². The lowest BCUT2D eigenvalue weighted by Crippen LogP contribution is -2.08. The molecule has 0 bridgehead atoms. The van der Waals surface area contributed by atoms with Crippen LogP contribution in [0.25, 0.3) is 0 Å². The van der Waals surface area contributed by atoms with E-state index in [-0.39, 0.29) is 6.54 Å². The summed E-state index contributed by atoms with van der Waals surface area (Å²) in [6, 6.07) is 3.62. The van der Waals surface area contributed by atoms with Gasteiger partial charge in [-0.1, -0.05) is 6.07 Å². The van der Waals surface area contributed by atoms with E-state index in [0.717, 1.165) is 12.1 Å². The van der Waals surface area contributed by atoms with Crippen LogP contribution in [0.15, 0.2) is 18.2 Å². The van der Waals surface area contributed by atoms with Crippen molar-refractivity contribution in [2.75, 3.05) is 0 Å². The first-order valence-corrected chi connectivity index (χ1v) is 4.25. The fourth-order valence-electron chi connectivity index (χ4n) is 1.06. The van der Waals surface area contributed by atoms with Crippen molar-refractivity contribution in [3.8, 4) is 11.5 Å². The molecule has 90 valence electrons. The zero-order valence-electron chi connectivity index (χ0n) is 8.00. The Balaban J connectivity index is 2.96. The van der Waals surface area contributed by atoms with Crippen molar-refractivity contribution in [1.82, 2.24) is 0 Å². The van der Waals surface area contributed by atoms with Crippen LogP contribution in [-0.4, -0.2) is 13.2 Å². The first kappa shape index (κ1) is 12.6. The van der Waals surface area contributed by atoms with E-state index in [1.807, 2.05) is 0 Å². The molecule has 2 N–H and O–H groups in total. The van der Waals surface area contributed by atoms with Crippen LogP contribution in [0, 0.1) is 0 Å². The fraction of sp³-hybridized carbons (Fsp3) is 0.333. The average molecular weight is 239 g/mol. The van der Waals surface area contributed by atoms with E-state index in [9.17, 15) is 17.6 Å². The van der Waals surface area contributed by atoms with Gasteiger partial charge in [-0.3, -0.25) is 0 Å². The first-order valence-electron chi connectivity index (χ1n) is 4.25. The van der Waals surface area contributed by atoms with E-state index < -0.39 is 24.7 Å². The van der Waals surface area contributed by atoms with Gasteiger partial charge in [0.2, 0.25) is 0 Å². The molecule has 0 aliphatic rings. The maximum Gasteiger partial charge on any atom is 0.387 e. The number of benzene rings is 1. The number of rotatable bonds is 5. The molecule has 0 saturated heterocycles. The highest BCUT2D eigenvalue weighted by Crippen LogP contribution is 2.30. The van der Waals surface area contributed by atoms with Crippen LogP contribution in [0.3, 0.4) is 0 Å². The third-order valence-electron chi connectivity index (χ3n) is 1.68. The quantitative estimate of drug-likeness (QED) is 0.802. The van der Waals surface area contributed by atoms with Gasteiger partial charge in [-0.2, -0.15) is 17.6 Å². The van der Waals surface area contributed by atoms with Gasteiger partial charge in [0.25, 0.3) is 0 Å². The third-order valence-corrected chi connectivity index (χ3v) is 1.68. The Kier molecular flexibility index (Phi) is 4.36. The van der Waals surface area contributed by atoms with Crippen molar-refractivity contribution in [2.24, 2.45) is 5.73 Å². The second kappa shape index (κ2) is 5.55. The third kappa shape index (κ3) is 3.58. The summed E-state index contributed by atoms with van der Waals surface area (Å²) in [7, 11) is 0. The van der Waals surface area contributed by atoms with Crippen LogP contribution in [-0.2, 0) is 6.54 Å². The predicted octanol–water partition coefficient (Wildman–Crippen LogP) is 2.35. The number of hydrogen-bond donors (Lipinski definition) is 1. The lowest BCUT2D eigenvalue weighted by atomic mass is 10.2. The van der Waals surface area contributed by atoms with Gasteiger partial charge in [0.1, 0.15) is 0 Å². The van der Waals surface area contributed by atoms with Gasteiger partial charge in [0.05, 0.1) is 0 Å². The summed E-state index contributed by atoms with van der Waals surface area (Å²) in [6.07, 6.45) is 0. The number of alkyl halides is 4. The van der Waals surface area contributed by atoms with E-state index in [0.29, 0.717) is 5.56 Å². The molecular weight excluding hydrogens is 230 g/mol. The molecule has 0 amide bonds. The SMILES string of the molecule is NCc1ccc(OC(F)F)c(OC(F)F)c1. The van der Waals surface area contributed by atoms with Gasteiger partial charge >= 0.3 is 13.2 Å². The van der Waals surface area contributed by atoms with E-state index in [2.05, 4.69) is 9.47 Å². The van der Waals surface area contributed by atoms with Gasteiger partial charge in [-0.15, -0.1) is 0 Å². The molecule has 0 aliphatic heterocycles. The zero-order chi connectivity index (χ0) is 12.1. The molecule has 0 fully saturated rings. The molecule has 0 radical (unpaired) electrons. The van der Waals surface area contributed by atoms with Crippen LogP contribution in [0.1, 0.15) is 5.56 Å². The number of halogens is 4. The smallest absolute Gasteiger partial charge is 0.387 e. The highest BCUT2D eigenvalue weighted by Gasteiger charge is 2.14. The Morgan fingerprint density at radius 3 is 2.06 bits per heavy atom. The molecule has 0 saturated carbocycles. The topological polar surface area (TPSA) is 44.5 Å². The summed E-state index contributed by atoms with van der Waals surface area (Å²) in [6.45, 7) is -6.15. The Morgan fingerprint density at radius 2 is 1.56 bits per heavy atom. The van der Waals surface area contributed by atoms with Gasteiger partial charge in [0.15, 0.2) is 11.5 Å². The second-order valence-corrected chi connectivity index (χ2v) is 2.74. The highest BCUT2D eigenvalue weighted by molar-refractivity contribution is 5.43. The Hall–Kier alpha value is -1.50. The van der Waals surface area contributed by atoms with Crippen molar-refractivity contribution < 1.29 is 27.0 Å². The minimum Gasteiger partial charge on any atom is -0.431 e. The van der Waals surface area contributed by atoms with Gasteiger partial charge in [-0.05, 0) is 17.7 Å². The zero-order valence-corrected chi connectivity index (χ0v) is 8.00. The Bertz CT molecular complexity index is 346. The monoisotopic (exact) mass is 239 g/mol. The van der Waals surface area contributed by atoms with E-state index in [1.54, 1.807) is 0 Å². The predicted molar refractivity (Wildman–Crippen MR) is 47.6 cm³/mol. The molecule has 7 heteroatoms. The minimum atomic E-state index is -3.12. The molecule has 0 spiro atoms. The molecule has 1 aromatic rings. The van der Waals surface area contributed by atoms with Crippen molar-refractivity contribution in [3.63, 3.8) is 0 Å². The highest BCUT2D eigenvalue weighted by atomic mass is 19.3. The maximum atomic E-state index is 12.0. The molecule has 0 heterocycles.